The quantitative estimate of drug-likeness (QED) is 0.739. The molecule has 2 atom stereocenters. The van der Waals surface area contributed by atoms with Gasteiger partial charge in [0.1, 0.15) is 5.54 Å². The van der Waals surface area contributed by atoms with E-state index in [1.54, 1.807) is 0 Å². The number of likely N-dealkylation sites (N-methyl/N-ethyl adjacent to an activating group) is 2. The molecule has 0 bridgehead atoms. The van der Waals surface area contributed by atoms with Gasteiger partial charge in [-0.1, -0.05) is 6.92 Å². The van der Waals surface area contributed by atoms with E-state index in [1.807, 2.05) is 13.8 Å². The molecule has 16 heavy (non-hydrogen) atoms. The summed E-state index contributed by atoms with van der Waals surface area (Å²) < 4.78 is 0. The Labute approximate surface area is 99.2 Å². The SMILES string of the molecule is CCNC(C)(C#N)CN1CCC(N(C)C)C1. The average Bonchev–Trinajstić information content (AvgIpc) is 2.66. The van der Waals surface area contributed by atoms with E-state index in [1.165, 1.54) is 6.42 Å². The normalized spacial score (nSPS) is 25.6. The van der Waals surface area contributed by atoms with Gasteiger partial charge >= 0.3 is 0 Å². The van der Waals surface area contributed by atoms with E-state index < -0.39 is 5.54 Å². The molecule has 0 aromatic rings. The molecule has 0 spiro atoms. The molecule has 4 heteroatoms. The summed E-state index contributed by atoms with van der Waals surface area (Å²) >= 11 is 0. The van der Waals surface area contributed by atoms with Crippen molar-refractivity contribution in [3.8, 4) is 6.07 Å². The van der Waals surface area contributed by atoms with Gasteiger partial charge in [-0.2, -0.15) is 5.26 Å². The van der Waals surface area contributed by atoms with Crippen LogP contribution in [0.3, 0.4) is 0 Å². The van der Waals surface area contributed by atoms with Crippen molar-refractivity contribution in [2.75, 3.05) is 40.3 Å². The Morgan fingerprint density at radius 3 is 2.69 bits per heavy atom. The molecule has 1 heterocycles. The van der Waals surface area contributed by atoms with Crippen LogP contribution in [0.2, 0.25) is 0 Å². The monoisotopic (exact) mass is 224 g/mol. The van der Waals surface area contributed by atoms with E-state index in [2.05, 4.69) is 35.3 Å². The van der Waals surface area contributed by atoms with Crippen LogP contribution in [-0.4, -0.2) is 61.7 Å². The Hall–Kier alpha value is -0.630. The van der Waals surface area contributed by atoms with Gasteiger partial charge in [-0.15, -0.1) is 0 Å². The van der Waals surface area contributed by atoms with Gasteiger partial charge in [0.25, 0.3) is 0 Å². The Morgan fingerprint density at radius 1 is 1.56 bits per heavy atom. The first-order chi connectivity index (χ1) is 7.50. The number of rotatable bonds is 5. The van der Waals surface area contributed by atoms with Crippen molar-refractivity contribution >= 4 is 0 Å². The fourth-order valence-electron chi connectivity index (χ4n) is 2.35. The minimum Gasteiger partial charge on any atom is -0.305 e. The molecular weight excluding hydrogens is 200 g/mol. The molecule has 1 aliphatic heterocycles. The molecular formula is C12H24N4. The van der Waals surface area contributed by atoms with Crippen molar-refractivity contribution in [1.29, 1.82) is 5.26 Å². The zero-order valence-corrected chi connectivity index (χ0v) is 11.0. The highest BCUT2D eigenvalue weighted by molar-refractivity contribution is 5.06. The van der Waals surface area contributed by atoms with Crippen LogP contribution in [0.15, 0.2) is 0 Å². The second kappa shape index (κ2) is 5.62. The van der Waals surface area contributed by atoms with Crippen LogP contribution in [0.25, 0.3) is 0 Å². The molecule has 0 saturated carbocycles. The molecule has 1 fully saturated rings. The Morgan fingerprint density at radius 2 is 2.25 bits per heavy atom. The minimum absolute atomic E-state index is 0.407. The second-order valence-electron chi connectivity index (χ2n) is 5.12. The first kappa shape index (κ1) is 13.4. The maximum absolute atomic E-state index is 9.20. The van der Waals surface area contributed by atoms with E-state index in [9.17, 15) is 5.26 Å². The second-order valence-corrected chi connectivity index (χ2v) is 5.12. The third kappa shape index (κ3) is 3.44. The summed E-state index contributed by atoms with van der Waals surface area (Å²) in [5.41, 5.74) is -0.407. The zero-order valence-electron chi connectivity index (χ0n) is 11.0. The van der Waals surface area contributed by atoms with Gasteiger partial charge in [-0.05, 0) is 40.5 Å². The van der Waals surface area contributed by atoms with Crippen LogP contribution >= 0.6 is 0 Å². The summed E-state index contributed by atoms with van der Waals surface area (Å²) in [5, 5.41) is 12.5. The summed E-state index contributed by atoms with van der Waals surface area (Å²) in [7, 11) is 4.25. The lowest BCUT2D eigenvalue weighted by molar-refractivity contribution is 0.234. The molecule has 0 aromatic carbocycles. The predicted octanol–water partition coefficient (Wildman–Crippen LogP) is 0.514. The molecule has 92 valence electrons. The fraction of sp³-hybridized carbons (Fsp3) is 0.917. The standard InChI is InChI=1S/C12H24N4/c1-5-14-12(2,9-13)10-16-7-6-11(8-16)15(3)4/h11,14H,5-8,10H2,1-4H3. The lowest BCUT2D eigenvalue weighted by atomic mass is 10.0. The number of nitrogens with zero attached hydrogens (tertiary/aromatic N) is 3. The molecule has 1 aliphatic rings. The summed E-state index contributed by atoms with van der Waals surface area (Å²) in [4.78, 5) is 4.66. The maximum Gasteiger partial charge on any atom is 0.116 e. The van der Waals surface area contributed by atoms with Gasteiger partial charge in [0, 0.05) is 19.1 Å². The van der Waals surface area contributed by atoms with Gasteiger partial charge in [-0.25, -0.2) is 0 Å². The first-order valence-electron chi connectivity index (χ1n) is 6.06. The van der Waals surface area contributed by atoms with Crippen LogP contribution in [0, 0.1) is 11.3 Å². The van der Waals surface area contributed by atoms with Crippen LogP contribution in [0.1, 0.15) is 20.3 Å². The molecule has 2 unspecified atom stereocenters. The number of hydrogen-bond donors (Lipinski definition) is 1. The molecule has 1 rings (SSSR count). The number of likely N-dealkylation sites (tertiary alicyclic amines) is 1. The third-order valence-electron chi connectivity index (χ3n) is 3.33. The lowest BCUT2D eigenvalue weighted by Gasteiger charge is -2.29. The minimum atomic E-state index is -0.407. The molecule has 1 saturated heterocycles. The highest BCUT2D eigenvalue weighted by Crippen LogP contribution is 2.16. The van der Waals surface area contributed by atoms with E-state index in [4.69, 9.17) is 0 Å². The van der Waals surface area contributed by atoms with Gasteiger partial charge in [0.15, 0.2) is 0 Å². The van der Waals surface area contributed by atoms with Crippen LogP contribution in [0.4, 0.5) is 0 Å². The summed E-state index contributed by atoms with van der Waals surface area (Å²) in [5.74, 6) is 0. The molecule has 0 amide bonds. The highest BCUT2D eigenvalue weighted by atomic mass is 15.2. The molecule has 0 radical (unpaired) electrons. The zero-order chi connectivity index (χ0) is 12.2. The number of hydrogen-bond acceptors (Lipinski definition) is 4. The van der Waals surface area contributed by atoms with Crippen molar-refractivity contribution in [3.05, 3.63) is 0 Å². The molecule has 4 nitrogen and oxygen atoms in total. The molecule has 1 N–H and O–H groups in total. The largest absolute Gasteiger partial charge is 0.305 e. The van der Waals surface area contributed by atoms with Gasteiger partial charge in [0.2, 0.25) is 0 Å². The fourth-order valence-corrected chi connectivity index (χ4v) is 2.35. The smallest absolute Gasteiger partial charge is 0.116 e. The van der Waals surface area contributed by atoms with E-state index in [-0.39, 0.29) is 0 Å². The van der Waals surface area contributed by atoms with E-state index >= 15 is 0 Å². The van der Waals surface area contributed by atoms with Gasteiger partial charge in [0.05, 0.1) is 6.07 Å². The van der Waals surface area contributed by atoms with Gasteiger partial charge in [-0.3, -0.25) is 10.2 Å². The summed E-state index contributed by atoms with van der Waals surface area (Å²) in [6, 6.07) is 3.03. The van der Waals surface area contributed by atoms with Crippen LogP contribution in [-0.2, 0) is 0 Å². The van der Waals surface area contributed by atoms with E-state index in [0.29, 0.717) is 6.04 Å². The summed E-state index contributed by atoms with van der Waals surface area (Å²) in [6.45, 7) is 7.87. The van der Waals surface area contributed by atoms with Gasteiger partial charge < -0.3 is 4.90 Å². The lowest BCUT2D eigenvalue weighted by Crippen LogP contribution is -2.50. The predicted molar refractivity (Wildman–Crippen MR) is 66.2 cm³/mol. The van der Waals surface area contributed by atoms with Crippen molar-refractivity contribution in [2.24, 2.45) is 0 Å². The van der Waals surface area contributed by atoms with Crippen molar-refractivity contribution in [1.82, 2.24) is 15.1 Å². The van der Waals surface area contributed by atoms with E-state index in [0.717, 1.165) is 26.2 Å². The third-order valence-corrected chi connectivity index (χ3v) is 3.33. The topological polar surface area (TPSA) is 42.3 Å². The highest BCUT2D eigenvalue weighted by Gasteiger charge is 2.31. The Balaban J connectivity index is 2.47. The molecule has 0 aromatic heterocycles. The van der Waals surface area contributed by atoms with Crippen molar-refractivity contribution < 1.29 is 0 Å². The van der Waals surface area contributed by atoms with Crippen LogP contribution < -0.4 is 5.32 Å². The average molecular weight is 224 g/mol. The molecule has 0 aliphatic carbocycles. The Kier molecular flexibility index (Phi) is 4.72. The Bertz CT molecular complexity index is 258. The number of nitriles is 1. The number of nitrogens with one attached hydrogen (secondary N) is 1. The van der Waals surface area contributed by atoms with Crippen molar-refractivity contribution in [2.45, 2.75) is 31.8 Å². The van der Waals surface area contributed by atoms with Crippen molar-refractivity contribution in [3.63, 3.8) is 0 Å². The summed E-state index contributed by atoms with van der Waals surface area (Å²) in [6.07, 6.45) is 1.21. The first-order valence-corrected chi connectivity index (χ1v) is 6.06. The maximum atomic E-state index is 9.20. The van der Waals surface area contributed by atoms with Crippen LogP contribution in [0.5, 0.6) is 0 Å².